The zero-order valence-corrected chi connectivity index (χ0v) is 23.3. The first-order valence-corrected chi connectivity index (χ1v) is 13.6. The lowest BCUT2D eigenvalue weighted by Crippen LogP contribution is -2.48. The third kappa shape index (κ3) is 6.78. The minimum Gasteiger partial charge on any atom is -0.454 e. The molecule has 0 spiro atoms. The fourth-order valence-electron chi connectivity index (χ4n) is 4.84. The van der Waals surface area contributed by atoms with Gasteiger partial charge in [0.2, 0.25) is 12.7 Å². The fourth-order valence-corrected chi connectivity index (χ4v) is 4.84. The summed E-state index contributed by atoms with van der Waals surface area (Å²) in [6.07, 6.45) is 0. The number of benzene rings is 3. The lowest BCUT2D eigenvalue weighted by Gasteiger charge is -2.36. The number of fused-ring (bicyclic) bond motifs is 1. The summed E-state index contributed by atoms with van der Waals surface area (Å²) in [5.41, 5.74) is 3.90. The molecule has 0 saturated carbocycles. The van der Waals surface area contributed by atoms with Crippen molar-refractivity contribution >= 4 is 29.1 Å². The van der Waals surface area contributed by atoms with Gasteiger partial charge >= 0.3 is 0 Å². The summed E-state index contributed by atoms with van der Waals surface area (Å²) >= 11 is 0. The number of methoxy groups -OCH3 is 1. The maximum Gasteiger partial charge on any atom is 0.254 e. The van der Waals surface area contributed by atoms with Gasteiger partial charge < -0.3 is 34.2 Å². The van der Waals surface area contributed by atoms with Crippen LogP contribution in [-0.4, -0.2) is 87.3 Å². The van der Waals surface area contributed by atoms with Gasteiger partial charge in [-0.2, -0.15) is 0 Å². The summed E-state index contributed by atoms with van der Waals surface area (Å²) in [6, 6.07) is 20.2. The predicted octanol–water partition coefficient (Wildman–Crippen LogP) is 3.41. The Labute approximate surface area is 239 Å². The van der Waals surface area contributed by atoms with Crippen LogP contribution < -0.4 is 19.7 Å². The van der Waals surface area contributed by atoms with Gasteiger partial charge in [-0.05, 0) is 61.5 Å². The van der Waals surface area contributed by atoms with Crippen LogP contribution in [0.5, 0.6) is 11.5 Å². The first kappa shape index (κ1) is 28.0. The first-order valence-electron chi connectivity index (χ1n) is 13.6. The maximum absolute atomic E-state index is 13.2. The zero-order valence-electron chi connectivity index (χ0n) is 23.3. The number of nitrogens with zero attached hydrogens (tertiary/aromatic N) is 3. The molecule has 1 N–H and O–H groups in total. The number of aryl methyl sites for hydroxylation is 1. The Balaban J connectivity index is 1.14. The van der Waals surface area contributed by atoms with E-state index in [0.29, 0.717) is 48.0 Å². The van der Waals surface area contributed by atoms with Crippen molar-refractivity contribution in [3.8, 4) is 11.5 Å². The molecule has 0 aromatic heterocycles. The standard InChI is InChI=1S/C31H34N4O6/c1-22-3-5-23(6-4-22)30(37)34-15-13-33(14-16-34)26-10-8-25(9-11-26)32-29(36)20-35(17-18-39-2)31(38)24-7-12-27-28(19-24)41-21-40-27/h3-12,19H,13-18,20-21H2,1-2H3,(H,32,36). The molecule has 0 aliphatic carbocycles. The number of nitrogens with one attached hydrogen (secondary N) is 1. The molecular weight excluding hydrogens is 524 g/mol. The monoisotopic (exact) mass is 558 g/mol. The van der Waals surface area contributed by atoms with Crippen LogP contribution in [0.15, 0.2) is 66.7 Å². The van der Waals surface area contributed by atoms with E-state index in [9.17, 15) is 14.4 Å². The minimum absolute atomic E-state index is 0.0549. The van der Waals surface area contributed by atoms with Crippen molar-refractivity contribution < 1.29 is 28.6 Å². The number of hydrogen-bond donors (Lipinski definition) is 1. The number of piperazine rings is 1. The van der Waals surface area contributed by atoms with Crippen molar-refractivity contribution in [2.45, 2.75) is 6.92 Å². The number of amides is 3. The van der Waals surface area contributed by atoms with Crippen LogP contribution in [0, 0.1) is 6.92 Å². The molecule has 5 rings (SSSR count). The zero-order chi connectivity index (χ0) is 28.8. The molecule has 0 bridgehead atoms. The molecule has 41 heavy (non-hydrogen) atoms. The minimum atomic E-state index is -0.314. The van der Waals surface area contributed by atoms with Crippen molar-refractivity contribution in [3.63, 3.8) is 0 Å². The number of rotatable bonds is 9. The first-order chi connectivity index (χ1) is 19.9. The molecule has 3 amide bonds. The number of carbonyl (C=O) groups excluding carboxylic acids is 3. The largest absolute Gasteiger partial charge is 0.454 e. The summed E-state index contributed by atoms with van der Waals surface area (Å²) in [6.45, 7) is 5.27. The van der Waals surface area contributed by atoms with Crippen molar-refractivity contribution in [1.29, 1.82) is 0 Å². The molecule has 10 heteroatoms. The second-order valence-corrected chi connectivity index (χ2v) is 10.0. The number of hydrogen-bond acceptors (Lipinski definition) is 7. The third-order valence-electron chi connectivity index (χ3n) is 7.19. The van der Waals surface area contributed by atoms with Gasteiger partial charge in [0.1, 0.15) is 6.54 Å². The van der Waals surface area contributed by atoms with Crippen LogP contribution in [0.25, 0.3) is 0 Å². The van der Waals surface area contributed by atoms with Crippen LogP contribution in [0.2, 0.25) is 0 Å². The topological polar surface area (TPSA) is 101 Å². The summed E-state index contributed by atoms with van der Waals surface area (Å²) in [5, 5.41) is 2.88. The fraction of sp³-hybridized carbons (Fsp3) is 0.323. The summed E-state index contributed by atoms with van der Waals surface area (Å²) in [4.78, 5) is 44.5. The SMILES string of the molecule is COCCN(CC(=O)Nc1ccc(N2CCN(C(=O)c3ccc(C)cc3)CC2)cc1)C(=O)c1ccc2c(c1)OCO2. The molecule has 0 radical (unpaired) electrons. The highest BCUT2D eigenvalue weighted by Crippen LogP contribution is 2.32. The average Bonchev–Trinajstić information content (AvgIpc) is 3.47. The van der Waals surface area contributed by atoms with Crippen LogP contribution >= 0.6 is 0 Å². The van der Waals surface area contributed by atoms with Crippen LogP contribution in [0.4, 0.5) is 11.4 Å². The molecule has 214 valence electrons. The van der Waals surface area contributed by atoms with Crippen LogP contribution in [0.1, 0.15) is 26.3 Å². The van der Waals surface area contributed by atoms with E-state index in [1.54, 1.807) is 25.3 Å². The second-order valence-electron chi connectivity index (χ2n) is 10.0. The Hall–Kier alpha value is -4.57. The Kier molecular flexibility index (Phi) is 8.69. The Bertz CT molecular complexity index is 1380. The highest BCUT2D eigenvalue weighted by molar-refractivity contribution is 6.00. The molecule has 1 fully saturated rings. The van der Waals surface area contributed by atoms with Crippen molar-refractivity contribution in [2.24, 2.45) is 0 Å². The third-order valence-corrected chi connectivity index (χ3v) is 7.19. The van der Waals surface area contributed by atoms with E-state index < -0.39 is 0 Å². The van der Waals surface area contributed by atoms with E-state index in [2.05, 4.69) is 10.2 Å². The van der Waals surface area contributed by atoms with Gasteiger partial charge in [-0.1, -0.05) is 17.7 Å². The summed E-state index contributed by atoms with van der Waals surface area (Å²) in [7, 11) is 1.55. The molecule has 3 aromatic rings. The van der Waals surface area contributed by atoms with Gasteiger partial charge in [-0.15, -0.1) is 0 Å². The van der Waals surface area contributed by atoms with Crippen LogP contribution in [0.3, 0.4) is 0 Å². The molecule has 0 atom stereocenters. The highest BCUT2D eigenvalue weighted by atomic mass is 16.7. The lowest BCUT2D eigenvalue weighted by molar-refractivity contribution is -0.117. The average molecular weight is 559 g/mol. The Morgan fingerprint density at radius 2 is 1.56 bits per heavy atom. The smallest absolute Gasteiger partial charge is 0.254 e. The van der Waals surface area contributed by atoms with E-state index in [0.717, 1.165) is 24.3 Å². The quantitative estimate of drug-likeness (QED) is 0.430. The lowest BCUT2D eigenvalue weighted by atomic mass is 10.1. The second kappa shape index (κ2) is 12.7. The Morgan fingerprint density at radius 1 is 0.878 bits per heavy atom. The van der Waals surface area contributed by atoms with E-state index in [4.69, 9.17) is 14.2 Å². The van der Waals surface area contributed by atoms with Gasteiger partial charge in [0.05, 0.1) is 6.61 Å². The molecule has 2 heterocycles. The van der Waals surface area contributed by atoms with Crippen molar-refractivity contribution in [3.05, 3.63) is 83.4 Å². The summed E-state index contributed by atoms with van der Waals surface area (Å²) < 4.78 is 15.9. The molecular formula is C31H34N4O6. The number of ether oxygens (including phenoxy) is 3. The van der Waals surface area contributed by atoms with Gasteiger partial charge in [0.25, 0.3) is 11.8 Å². The van der Waals surface area contributed by atoms with E-state index in [-0.39, 0.29) is 37.6 Å². The van der Waals surface area contributed by atoms with Gasteiger partial charge in [0, 0.05) is 62.3 Å². The van der Waals surface area contributed by atoms with E-state index >= 15 is 0 Å². The number of carbonyl (C=O) groups is 3. The summed E-state index contributed by atoms with van der Waals surface area (Å²) in [5.74, 6) is 0.534. The van der Waals surface area contributed by atoms with Crippen molar-refractivity contribution in [2.75, 3.05) is 70.0 Å². The molecule has 3 aromatic carbocycles. The molecule has 0 unspecified atom stereocenters. The van der Waals surface area contributed by atoms with Gasteiger partial charge in [0.15, 0.2) is 11.5 Å². The van der Waals surface area contributed by atoms with E-state index in [1.165, 1.54) is 4.90 Å². The van der Waals surface area contributed by atoms with Gasteiger partial charge in [-0.25, -0.2) is 0 Å². The van der Waals surface area contributed by atoms with Gasteiger partial charge in [-0.3, -0.25) is 14.4 Å². The highest BCUT2D eigenvalue weighted by Gasteiger charge is 2.24. The Morgan fingerprint density at radius 3 is 2.27 bits per heavy atom. The normalized spacial score (nSPS) is 14.1. The predicted molar refractivity (Wildman–Crippen MR) is 155 cm³/mol. The maximum atomic E-state index is 13.2. The number of anilines is 2. The van der Waals surface area contributed by atoms with E-state index in [1.807, 2.05) is 60.4 Å². The molecule has 10 nitrogen and oxygen atoms in total. The molecule has 2 aliphatic rings. The van der Waals surface area contributed by atoms with Crippen LogP contribution in [-0.2, 0) is 9.53 Å². The van der Waals surface area contributed by atoms with Crippen molar-refractivity contribution in [1.82, 2.24) is 9.80 Å². The molecule has 1 saturated heterocycles. The molecule has 2 aliphatic heterocycles.